The quantitative estimate of drug-likeness (QED) is 0.144. The zero-order chi connectivity index (χ0) is 35.8. The van der Waals surface area contributed by atoms with E-state index in [-0.39, 0.29) is 16.7 Å². The average molecular weight is 714 g/mol. The summed E-state index contributed by atoms with van der Waals surface area (Å²) in [6.45, 7) is 0. The molecule has 0 spiro atoms. The first-order valence-corrected chi connectivity index (χ1v) is 16.4. The Morgan fingerprint density at radius 1 is 0.588 bits per heavy atom. The number of rotatable bonds is 4. The maximum Gasteiger partial charge on any atom is 0.340 e. The number of aromatic nitrogens is 2. The molecule has 0 aliphatic heterocycles. The van der Waals surface area contributed by atoms with E-state index in [1.807, 2.05) is 60.7 Å². The standard InChI is InChI=1S/C21H14ClNO3.C20H12ClNO3/c1-26-21(25)18-12-17(13-5-3-2-4-6-13)20(24)23-10-9-14-7-8-15(22)11-16(14)19(18)23;21-14-7-6-13-8-9-22-18(15(13)10-14)17(20(24)25)11-16(19(22)23)12-4-2-1-3-5-12/h2-12H,1H3;1-11H,(H,24,25). The number of aromatic carboxylic acids is 1. The van der Waals surface area contributed by atoms with Crippen LogP contribution in [0.1, 0.15) is 20.7 Å². The lowest BCUT2D eigenvalue weighted by atomic mass is 10.0. The van der Waals surface area contributed by atoms with Gasteiger partial charge in [0.15, 0.2) is 0 Å². The van der Waals surface area contributed by atoms with Gasteiger partial charge in [-0.05, 0) is 70.4 Å². The minimum atomic E-state index is -1.10. The molecule has 250 valence electrons. The third-order valence-corrected chi connectivity index (χ3v) is 9.09. The number of nitrogens with zero attached hydrogens (tertiary/aromatic N) is 2. The monoisotopic (exact) mass is 712 g/mol. The fourth-order valence-electron chi connectivity index (χ4n) is 6.25. The van der Waals surface area contributed by atoms with Crippen molar-refractivity contribution in [3.8, 4) is 22.3 Å². The van der Waals surface area contributed by atoms with Gasteiger partial charge in [-0.3, -0.25) is 18.4 Å². The molecule has 0 aliphatic carbocycles. The van der Waals surface area contributed by atoms with E-state index in [1.165, 1.54) is 22.0 Å². The SMILES string of the molecule is COC(=O)c1cc(-c2ccccc2)c(=O)n2ccc3ccc(Cl)cc3c12.O=C(O)c1cc(-c2ccccc2)c(=O)n2ccc3ccc(Cl)cc3c12. The second-order valence-electron chi connectivity index (χ2n) is 11.6. The van der Waals surface area contributed by atoms with Crippen LogP contribution in [0.2, 0.25) is 10.0 Å². The number of halogens is 2. The number of carboxylic acid groups (broad SMARTS) is 1. The van der Waals surface area contributed by atoms with E-state index >= 15 is 0 Å². The molecule has 10 heteroatoms. The normalized spacial score (nSPS) is 11.0. The zero-order valence-corrected chi connectivity index (χ0v) is 28.4. The Balaban J connectivity index is 0.000000159. The number of benzene rings is 4. The molecule has 4 heterocycles. The molecule has 0 bridgehead atoms. The Labute approximate surface area is 299 Å². The summed E-state index contributed by atoms with van der Waals surface area (Å²) in [5.41, 5.74) is 2.93. The van der Waals surface area contributed by atoms with Crippen molar-refractivity contribution >= 4 is 67.7 Å². The second kappa shape index (κ2) is 13.6. The second-order valence-corrected chi connectivity index (χ2v) is 12.5. The molecule has 0 atom stereocenters. The summed E-state index contributed by atoms with van der Waals surface area (Å²) in [5.74, 6) is -1.60. The minimum absolute atomic E-state index is 0.0614. The van der Waals surface area contributed by atoms with Gasteiger partial charge < -0.3 is 9.84 Å². The summed E-state index contributed by atoms with van der Waals surface area (Å²) in [6.07, 6.45) is 3.28. The average Bonchev–Trinajstić information content (AvgIpc) is 3.15. The summed E-state index contributed by atoms with van der Waals surface area (Å²) >= 11 is 12.2. The summed E-state index contributed by atoms with van der Waals surface area (Å²) in [4.78, 5) is 50.4. The van der Waals surface area contributed by atoms with Crippen LogP contribution in [0.5, 0.6) is 0 Å². The van der Waals surface area contributed by atoms with Crippen molar-refractivity contribution in [2.24, 2.45) is 0 Å². The largest absolute Gasteiger partial charge is 0.478 e. The minimum Gasteiger partial charge on any atom is -0.478 e. The highest BCUT2D eigenvalue weighted by Crippen LogP contribution is 2.30. The van der Waals surface area contributed by atoms with Crippen LogP contribution in [0.25, 0.3) is 54.8 Å². The fourth-order valence-corrected chi connectivity index (χ4v) is 6.59. The molecule has 51 heavy (non-hydrogen) atoms. The van der Waals surface area contributed by atoms with Gasteiger partial charge in [0.05, 0.1) is 29.3 Å². The van der Waals surface area contributed by atoms with Crippen molar-refractivity contribution in [2.45, 2.75) is 0 Å². The van der Waals surface area contributed by atoms with Gasteiger partial charge in [-0.2, -0.15) is 0 Å². The highest BCUT2D eigenvalue weighted by Gasteiger charge is 2.20. The Morgan fingerprint density at radius 3 is 1.45 bits per heavy atom. The zero-order valence-electron chi connectivity index (χ0n) is 26.8. The maximum absolute atomic E-state index is 13.1. The van der Waals surface area contributed by atoms with E-state index in [9.17, 15) is 24.3 Å². The van der Waals surface area contributed by atoms with Gasteiger partial charge in [-0.15, -0.1) is 0 Å². The molecule has 0 amide bonds. The highest BCUT2D eigenvalue weighted by molar-refractivity contribution is 6.32. The Hall–Kier alpha value is -6.22. The first kappa shape index (κ1) is 33.3. The third kappa shape index (κ3) is 6.12. The lowest BCUT2D eigenvalue weighted by molar-refractivity contribution is 0.0601. The van der Waals surface area contributed by atoms with Crippen LogP contribution < -0.4 is 11.1 Å². The lowest BCUT2D eigenvalue weighted by Gasteiger charge is -2.13. The first-order valence-electron chi connectivity index (χ1n) is 15.6. The van der Waals surface area contributed by atoms with Crippen molar-refractivity contribution < 1.29 is 19.4 Å². The molecule has 0 saturated heterocycles. The van der Waals surface area contributed by atoms with Crippen LogP contribution in [0, 0.1) is 0 Å². The number of pyridine rings is 4. The number of methoxy groups -OCH3 is 1. The molecule has 0 radical (unpaired) electrons. The molecule has 0 saturated carbocycles. The van der Waals surface area contributed by atoms with Crippen LogP contribution in [0.15, 0.2) is 143 Å². The number of hydrogen-bond donors (Lipinski definition) is 1. The van der Waals surface area contributed by atoms with Crippen LogP contribution in [-0.4, -0.2) is 33.0 Å². The number of ether oxygens (including phenoxy) is 1. The van der Waals surface area contributed by atoms with Crippen molar-refractivity contribution in [3.05, 3.63) is 176 Å². The number of fused-ring (bicyclic) bond motifs is 6. The highest BCUT2D eigenvalue weighted by atomic mass is 35.5. The van der Waals surface area contributed by atoms with Crippen LogP contribution in [-0.2, 0) is 4.74 Å². The summed E-state index contributed by atoms with van der Waals surface area (Å²) < 4.78 is 7.83. The van der Waals surface area contributed by atoms with E-state index in [0.717, 1.165) is 21.7 Å². The van der Waals surface area contributed by atoms with Crippen LogP contribution in [0.3, 0.4) is 0 Å². The molecule has 8 aromatic rings. The predicted molar refractivity (Wildman–Crippen MR) is 202 cm³/mol. The fraction of sp³-hybridized carbons (Fsp3) is 0.0244. The van der Waals surface area contributed by atoms with E-state index < -0.39 is 11.9 Å². The van der Waals surface area contributed by atoms with Crippen molar-refractivity contribution in [2.75, 3.05) is 7.11 Å². The number of esters is 1. The molecule has 1 N–H and O–H groups in total. The van der Waals surface area contributed by atoms with E-state index in [4.69, 9.17) is 27.9 Å². The van der Waals surface area contributed by atoms with Gasteiger partial charge in [0.25, 0.3) is 11.1 Å². The van der Waals surface area contributed by atoms with Crippen molar-refractivity contribution in [1.82, 2.24) is 8.80 Å². The van der Waals surface area contributed by atoms with Crippen molar-refractivity contribution in [3.63, 3.8) is 0 Å². The summed E-state index contributed by atoms with van der Waals surface area (Å²) in [5, 5.41) is 13.8. The molecule has 0 unspecified atom stereocenters. The van der Waals surface area contributed by atoms with E-state index in [0.29, 0.717) is 48.7 Å². The Bertz CT molecular complexity index is 2800. The van der Waals surface area contributed by atoms with E-state index in [2.05, 4.69) is 0 Å². The molecule has 8 nitrogen and oxygen atoms in total. The predicted octanol–water partition coefficient (Wildman–Crippen LogP) is 9.03. The summed E-state index contributed by atoms with van der Waals surface area (Å²) in [6, 6.07) is 35.5. The van der Waals surface area contributed by atoms with Crippen LogP contribution in [0.4, 0.5) is 0 Å². The van der Waals surface area contributed by atoms with Gasteiger partial charge >= 0.3 is 11.9 Å². The molecular weight excluding hydrogens is 687 g/mol. The Morgan fingerprint density at radius 2 is 1.02 bits per heavy atom. The molecule has 4 aromatic heterocycles. The Kier molecular flexibility index (Phi) is 8.87. The van der Waals surface area contributed by atoms with Crippen LogP contribution >= 0.6 is 23.2 Å². The van der Waals surface area contributed by atoms with Crippen molar-refractivity contribution in [1.29, 1.82) is 0 Å². The van der Waals surface area contributed by atoms with Gasteiger partial charge in [-0.25, -0.2) is 9.59 Å². The molecule has 0 fully saturated rings. The smallest absolute Gasteiger partial charge is 0.340 e. The van der Waals surface area contributed by atoms with E-state index in [1.54, 1.807) is 67.0 Å². The third-order valence-electron chi connectivity index (χ3n) is 8.62. The molecule has 0 aliphatic rings. The number of carboxylic acids is 1. The van der Waals surface area contributed by atoms with Gasteiger partial charge in [-0.1, -0.05) is 96.0 Å². The molecule has 4 aromatic carbocycles. The van der Waals surface area contributed by atoms with Gasteiger partial charge in [0, 0.05) is 44.3 Å². The molecule has 8 rings (SSSR count). The molecular formula is C41H26Cl2N2O6. The maximum atomic E-state index is 13.1. The first-order chi connectivity index (χ1) is 24.7. The summed E-state index contributed by atoms with van der Waals surface area (Å²) in [7, 11) is 1.32. The van der Waals surface area contributed by atoms with Gasteiger partial charge in [0.2, 0.25) is 0 Å². The topological polar surface area (TPSA) is 107 Å². The number of hydrogen-bond acceptors (Lipinski definition) is 5. The van der Waals surface area contributed by atoms with Gasteiger partial charge in [0.1, 0.15) is 0 Å². The lowest BCUT2D eigenvalue weighted by Crippen LogP contribution is -2.19. The number of carbonyl (C=O) groups excluding carboxylic acids is 1. The number of carbonyl (C=O) groups is 2.